The second-order valence-electron chi connectivity index (χ2n) is 3.60. The molecule has 0 amide bonds. The number of hydrogen-bond donors (Lipinski definition) is 1. The number of aliphatic carboxylic acids is 1. The van der Waals surface area contributed by atoms with Crippen molar-refractivity contribution in [1.82, 2.24) is 0 Å². The van der Waals surface area contributed by atoms with Crippen molar-refractivity contribution in [2.75, 3.05) is 7.11 Å². The van der Waals surface area contributed by atoms with Gasteiger partial charge in [0.2, 0.25) is 0 Å². The number of benzene rings is 1. The summed E-state index contributed by atoms with van der Waals surface area (Å²) in [5, 5.41) is 8.62. The van der Waals surface area contributed by atoms with Crippen molar-refractivity contribution in [3.8, 4) is 0 Å². The highest BCUT2D eigenvalue weighted by Crippen LogP contribution is 2.13. The zero-order chi connectivity index (χ0) is 13.5. The molecule has 96 valence electrons. The van der Waals surface area contributed by atoms with Crippen LogP contribution in [0.15, 0.2) is 24.3 Å². The third kappa shape index (κ3) is 4.37. The van der Waals surface area contributed by atoms with Gasteiger partial charge in [0.25, 0.3) is 0 Å². The molecule has 0 radical (unpaired) electrons. The quantitative estimate of drug-likeness (QED) is 0.814. The first-order valence-electron chi connectivity index (χ1n) is 5.26. The van der Waals surface area contributed by atoms with E-state index in [0.717, 1.165) is 0 Å². The predicted octanol–water partition coefficient (Wildman–Crippen LogP) is 2.03. The number of carboxylic acid groups (broad SMARTS) is 1. The van der Waals surface area contributed by atoms with E-state index in [0.29, 0.717) is 5.56 Å². The molecule has 0 unspecified atom stereocenters. The topological polar surface area (TPSA) is 63.6 Å². The molecule has 0 aliphatic rings. The molecule has 1 aromatic carbocycles. The van der Waals surface area contributed by atoms with Crippen molar-refractivity contribution < 1.29 is 23.8 Å². The average molecular weight is 252 g/mol. The molecule has 5 heteroatoms. The second-order valence-corrected chi connectivity index (χ2v) is 3.60. The number of carboxylic acids is 1. The fraction of sp³-hybridized carbons (Fsp3) is 0.231. The lowest BCUT2D eigenvalue weighted by Crippen LogP contribution is -2.02. The van der Waals surface area contributed by atoms with E-state index in [1.807, 2.05) is 0 Å². The summed E-state index contributed by atoms with van der Waals surface area (Å²) in [7, 11) is 1.29. The number of carbonyl (C=O) groups is 2. The van der Waals surface area contributed by atoms with E-state index >= 15 is 0 Å². The molecule has 0 fully saturated rings. The van der Waals surface area contributed by atoms with Crippen LogP contribution in [0.5, 0.6) is 0 Å². The van der Waals surface area contributed by atoms with Gasteiger partial charge in [0, 0.05) is 0 Å². The van der Waals surface area contributed by atoms with Gasteiger partial charge >= 0.3 is 11.9 Å². The number of halogens is 1. The van der Waals surface area contributed by atoms with Gasteiger partial charge in [-0.3, -0.25) is 9.59 Å². The maximum Gasteiger partial charge on any atom is 0.309 e. The normalized spacial score (nSPS) is 10.6. The first-order chi connectivity index (χ1) is 8.52. The molecular formula is C13H13FO4. The highest BCUT2D eigenvalue weighted by Gasteiger charge is 2.06. The molecule has 0 saturated heterocycles. The molecule has 0 saturated carbocycles. The summed E-state index contributed by atoms with van der Waals surface area (Å²) in [4.78, 5) is 21.4. The minimum absolute atomic E-state index is 0.113. The fourth-order valence-electron chi connectivity index (χ4n) is 1.37. The van der Waals surface area contributed by atoms with Crippen LogP contribution in [0.3, 0.4) is 0 Å². The summed E-state index contributed by atoms with van der Waals surface area (Å²) in [5.74, 6) is -2.02. The van der Waals surface area contributed by atoms with Gasteiger partial charge < -0.3 is 9.84 Å². The molecule has 0 spiro atoms. The average Bonchev–Trinajstić information content (AvgIpc) is 2.32. The number of esters is 1. The molecule has 0 heterocycles. The van der Waals surface area contributed by atoms with Crippen LogP contribution in [0, 0.1) is 5.82 Å². The van der Waals surface area contributed by atoms with Gasteiger partial charge in [0.15, 0.2) is 0 Å². The largest absolute Gasteiger partial charge is 0.481 e. The summed E-state index contributed by atoms with van der Waals surface area (Å²) >= 11 is 0. The summed E-state index contributed by atoms with van der Waals surface area (Å²) in [6, 6.07) is 4.15. The number of hydrogen-bond acceptors (Lipinski definition) is 3. The molecular weight excluding hydrogens is 239 g/mol. The number of carbonyl (C=O) groups excluding carboxylic acids is 1. The Balaban J connectivity index is 2.78. The van der Waals surface area contributed by atoms with Gasteiger partial charge in [0.1, 0.15) is 5.82 Å². The lowest BCUT2D eigenvalue weighted by Gasteiger charge is -2.01. The van der Waals surface area contributed by atoms with Crippen molar-refractivity contribution >= 4 is 18.0 Å². The van der Waals surface area contributed by atoms with Gasteiger partial charge in [-0.25, -0.2) is 4.39 Å². The maximum absolute atomic E-state index is 13.3. The van der Waals surface area contributed by atoms with Crippen molar-refractivity contribution in [1.29, 1.82) is 0 Å². The third-order valence-electron chi connectivity index (χ3n) is 2.23. The Labute approximate surface area is 104 Å². The highest BCUT2D eigenvalue weighted by atomic mass is 19.1. The minimum Gasteiger partial charge on any atom is -0.481 e. The molecule has 0 bridgehead atoms. The molecule has 0 aliphatic carbocycles. The Morgan fingerprint density at radius 2 is 2.17 bits per heavy atom. The number of rotatable bonds is 5. The van der Waals surface area contributed by atoms with Crippen LogP contribution in [-0.4, -0.2) is 24.2 Å². The van der Waals surface area contributed by atoms with Crippen LogP contribution in [0.25, 0.3) is 6.08 Å². The second kappa shape index (κ2) is 6.54. The predicted molar refractivity (Wildman–Crippen MR) is 63.4 cm³/mol. The van der Waals surface area contributed by atoms with E-state index in [2.05, 4.69) is 4.74 Å². The van der Waals surface area contributed by atoms with Crippen molar-refractivity contribution in [3.05, 3.63) is 41.2 Å². The van der Waals surface area contributed by atoms with Crippen LogP contribution in [-0.2, 0) is 20.7 Å². The summed E-state index contributed by atoms with van der Waals surface area (Å²) in [6.45, 7) is 0. The Bertz CT molecular complexity index is 480. The first kappa shape index (κ1) is 13.9. The van der Waals surface area contributed by atoms with E-state index in [-0.39, 0.29) is 24.4 Å². The van der Waals surface area contributed by atoms with Gasteiger partial charge in [-0.15, -0.1) is 0 Å². The maximum atomic E-state index is 13.3. The Kier molecular flexibility index (Phi) is 5.05. The molecule has 4 nitrogen and oxygen atoms in total. The van der Waals surface area contributed by atoms with Crippen molar-refractivity contribution in [3.63, 3.8) is 0 Å². The van der Waals surface area contributed by atoms with E-state index in [1.165, 1.54) is 25.3 Å². The lowest BCUT2D eigenvalue weighted by atomic mass is 10.1. The molecule has 1 rings (SSSR count). The highest BCUT2D eigenvalue weighted by molar-refractivity contribution is 5.73. The van der Waals surface area contributed by atoms with E-state index in [9.17, 15) is 14.0 Å². The molecule has 0 aromatic heterocycles. The first-order valence-corrected chi connectivity index (χ1v) is 5.26. The lowest BCUT2D eigenvalue weighted by molar-refractivity contribution is -0.139. The molecule has 1 N–H and O–H groups in total. The summed E-state index contributed by atoms with van der Waals surface area (Å²) < 4.78 is 17.7. The standard InChI is InChI=1S/C13H13FO4/c1-18-13(17)4-2-3-9-5-6-11(14)10(7-9)8-12(15)16/h2-3,5-7H,4,8H2,1H3,(H,15,16). The van der Waals surface area contributed by atoms with E-state index in [1.54, 1.807) is 12.2 Å². The Morgan fingerprint density at radius 3 is 2.78 bits per heavy atom. The molecule has 0 aliphatic heterocycles. The minimum atomic E-state index is -1.09. The van der Waals surface area contributed by atoms with Gasteiger partial charge in [-0.05, 0) is 23.3 Å². The Hall–Kier alpha value is -2.17. The third-order valence-corrected chi connectivity index (χ3v) is 2.23. The van der Waals surface area contributed by atoms with Crippen molar-refractivity contribution in [2.24, 2.45) is 0 Å². The van der Waals surface area contributed by atoms with Crippen LogP contribution in [0.2, 0.25) is 0 Å². The summed E-state index contributed by atoms with van der Waals surface area (Å²) in [6.07, 6.45) is 2.93. The zero-order valence-corrected chi connectivity index (χ0v) is 9.85. The molecule has 0 atom stereocenters. The molecule has 1 aromatic rings. The Morgan fingerprint density at radius 1 is 1.44 bits per heavy atom. The molecule has 18 heavy (non-hydrogen) atoms. The fourth-order valence-corrected chi connectivity index (χ4v) is 1.37. The monoisotopic (exact) mass is 252 g/mol. The van der Waals surface area contributed by atoms with E-state index in [4.69, 9.17) is 5.11 Å². The number of ether oxygens (including phenoxy) is 1. The van der Waals surface area contributed by atoms with E-state index < -0.39 is 11.8 Å². The van der Waals surface area contributed by atoms with Crippen molar-refractivity contribution in [2.45, 2.75) is 12.8 Å². The van der Waals surface area contributed by atoms with Crippen LogP contribution in [0.4, 0.5) is 4.39 Å². The van der Waals surface area contributed by atoms with Crippen LogP contribution >= 0.6 is 0 Å². The van der Waals surface area contributed by atoms with Crippen LogP contribution < -0.4 is 0 Å². The number of methoxy groups -OCH3 is 1. The smallest absolute Gasteiger partial charge is 0.309 e. The van der Waals surface area contributed by atoms with Gasteiger partial charge in [0.05, 0.1) is 20.0 Å². The summed E-state index contributed by atoms with van der Waals surface area (Å²) in [5.41, 5.74) is 0.749. The van der Waals surface area contributed by atoms with Crippen LogP contribution in [0.1, 0.15) is 17.5 Å². The van der Waals surface area contributed by atoms with Gasteiger partial charge in [-0.2, -0.15) is 0 Å². The SMILES string of the molecule is COC(=O)CC=Cc1ccc(F)c(CC(=O)O)c1. The zero-order valence-electron chi connectivity index (χ0n) is 9.85. The van der Waals surface area contributed by atoms with Gasteiger partial charge in [-0.1, -0.05) is 18.2 Å².